The van der Waals surface area contributed by atoms with E-state index >= 15 is 0 Å². The maximum absolute atomic E-state index is 13.2. The number of nitrogens with zero attached hydrogens (tertiary/aromatic N) is 4. The summed E-state index contributed by atoms with van der Waals surface area (Å²) < 4.78 is 70.8. The molecule has 1 saturated heterocycles. The Morgan fingerprint density at radius 2 is 1.08 bits per heavy atom. The van der Waals surface area contributed by atoms with Crippen LogP contribution in [0.15, 0.2) is 112 Å². The molecule has 3 aliphatic heterocycles. The molecular weight excluding hydrogens is 899 g/mol. The molecule has 0 bridgehead atoms. The fourth-order valence-corrected chi connectivity index (χ4v) is 8.12. The van der Waals surface area contributed by atoms with Crippen molar-refractivity contribution in [3.63, 3.8) is 0 Å². The van der Waals surface area contributed by atoms with Gasteiger partial charge in [0, 0.05) is 18.6 Å². The summed E-state index contributed by atoms with van der Waals surface area (Å²) in [6, 6.07) is 26.7. The molecule has 0 spiro atoms. The summed E-state index contributed by atoms with van der Waals surface area (Å²) in [6.07, 6.45) is 4.82. The van der Waals surface area contributed by atoms with Crippen LogP contribution in [0.3, 0.4) is 0 Å². The van der Waals surface area contributed by atoms with E-state index in [2.05, 4.69) is 63.1 Å². The summed E-state index contributed by atoms with van der Waals surface area (Å²) in [5.74, 6) is 0.791. The highest BCUT2D eigenvalue weighted by Crippen LogP contribution is 2.49. The number of alkyl halides is 4. The van der Waals surface area contributed by atoms with Gasteiger partial charge in [0.25, 0.3) is 11.8 Å². The number of ether oxygens (including phenoxy) is 2. The van der Waals surface area contributed by atoms with Gasteiger partial charge < -0.3 is 30.2 Å². The number of halogens is 5. The lowest BCUT2D eigenvalue weighted by molar-refractivity contribution is -0.130. The molecule has 4 N–H and O–H groups in total. The smallest absolute Gasteiger partial charge is 0.435 e. The highest BCUT2D eigenvalue weighted by atomic mass is 79.9. The lowest BCUT2D eigenvalue weighted by Crippen LogP contribution is -2.41. The molecule has 338 valence electrons. The van der Waals surface area contributed by atoms with Crippen LogP contribution in [0, 0.1) is 0 Å². The number of rotatable bonds is 10. The van der Waals surface area contributed by atoms with Gasteiger partial charge in [-0.1, -0.05) is 89.4 Å². The first kappa shape index (κ1) is 46.5. The minimum atomic E-state index is -2.92. The Bertz CT molecular complexity index is 2420. The normalized spacial score (nSPS) is 23.4. The zero-order chi connectivity index (χ0) is 46.4. The van der Waals surface area contributed by atoms with Gasteiger partial charge in [-0.2, -0.15) is 17.6 Å². The number of guanidine groups is 2. The van der Waals surface area contributed by atoms with Gasteiger partial charge in [-0.05, 0) is 116 Å². The molecule has 5 aliphatic rings. The van der Waals surface area contributed by atoms with E-state index < -0.39 is 24.3 Å². The Balaban J connectivity index is 0.000000153. The quantitative estimate of drug-likeness (QED) is 0.119. The Labute approximate surface area is 378 Å². The number of hydrogen-bond donors (Lipinski definition) is 2. The molecule has 2 unspecified atom stereocenters. The molecule has 4 aromatic carbocycles. The minimum absolute atomic E-state index is 0.00102. The van der Waals surface area contributed by atoms with Crippen molar-refractivity contribution < 1.29 is 45.9 Å². The number of hydrogen-bond acceptors (Lipinski definition) is 10. The third-order valence-electron chi connectivity index (χ3n) is 12.3. The van der Waals surface area contributed by atoms with Crippen LogP contribution in [0.5, 0.6) is 11.5 Å². The third-order valence-corrected chi connectivity index (χ3v) is 12.8. The van der Waals surface area contributed by atoms with Gasteiger partial charge in [-0.25, -0.2) is 9.98 Å². The lowest BCUT2D eigenvalue weighted by Gasteiger charge is -2.32. The van der Waals surface area contributed by atoms with Gasteiger partial charge in [0.05, 0.1) is 11.2 Å². The Morgan fingerprint density at radius 1 is 0.656 bits per heavy atom. The molecule has 3 fully saturated rings. The van der Waals surface area contributed by atoms with Crippen LogP contribution in [0.2, 0.25) is 5.82 Å². The van der Waals surface area contributed by atoms with Gasteiger partial charge in [-0.15, -0.1) is 0 Å². The maximum Gasteiger partial charge on any atom is 0.461 e. The average molecular weight is 950 g/mol. The molecule has 2 aliphatic carbocycles. The van der Waals surface area contributed by atoms with Gasteiger partial charge >= 0.3 is 20.3 Å². The van der Waals surface area contributed by atoms with Gasteiger partial charge in [0.15, 0.2) is 23.0 Å². The van der Waals surface area contributed by atoms with Crippen molar-refractivity contribution in [3.05, 3.63) is 129 Å². The second-order valence-electron chi connectivity index (χ2n) is 17.3. The van der Waals surface area contributed by atoms with E-state index in [1.807, 2.05) is 30.3 Å². The van der Waals surface area contributed by atoms with Crippen LogP contribution < -0.4 is 20.9 Å². The zero-order valence-electron chi connectivity index (χ0n) is 36.2. The first-order valence-corrected chi connectivity index (χ1v) is 21.6. The van der Waals surface area contributed by atoms with E-state index in [-0.39, 0.29) is 53.6 Å². The molecule has 4 aromatic rings. The molecule has 3 heterocycles. The van der Waals surface area contributed by atoms with Crippen LogP contribution in [0.1, 0.15) is 87.1 Å². The minimum Gasteiger partial charge on any atom is -0.435 e. The molecule has 12 nitrogen and oxygen atoms in total. The molecule has 2 amide bonds. The number of amides is 2. The molecule has 0 aromatic heterocycles. The summed E-state index contributed by atoms with van der Waals surface area (Å²) in [5, 5.41) is 0. The molecule has 18 heteroatoms. The first-order chi connectivity index (χ1) is 30.2. The summed E-state index contributed by atoms with van der Waals surface area (Å²) in [5.41, 5.74) is 12.4. The summed E-state index contributed by atoms with van der Waals surface area (Å²) in [6.45, 7) is 2.60. The van der Waals surface area contributed by atoms with Crippen molar-refractivity contribution in [1.82, 2.24) is 9.80 Å². The molecular formula is C46H50BBrF4N6O6. The highest BCUT2D eigenvalue weighted by molar-refractivity contribution is 9.10. The monoisotopic (exact) mass is 948 g/mol. The predicted octanol–water partition coefficient (Wildman–Crippen LogP) is 8.52. The van der Waals surface area contributed by atoms with Crippen molar-refractivity contribution in [2.45, 2.75) is 101 Å². The molecule has 64 heavy (non-hydrogen) atoms. The number of aliphatic imine (C=N–C) groups is 2. The van der Waals surface area contributed by atoms with E-state index in [1.54, 1.807) is 37.4 Å². The van der Waals surface area contributed by atoms with Gasteiger partial charge in [0.2, 0.25) is 0 Å². The number of carbonyl (C=O) groups excluding carboxylic acids is 2. The van der Waals surface area contributed by atoms with E-state index in [4.69, 9.17) is 20.8 Å². The summed E-state index contributed by atoms with van der Waals surface area (Å²) >= 11 is 3.39. The van der Waals surface area contributed by atoms with Crippen LogP contribution >= 0.6 is 15.9 Å². The van der Waals surface area contributed by atoms with Crippen LogP contribution in [-0.2, 0) is 30.0 Å². The number of benzene rings is 4. The SMILES string of the molecule is CC1(C)OB(C2CC2)OC1(C)C.CN1C(=O)C(c2ccc(OC(F)F)cc2)(c2cccc(Br)c2)N=C1N.CN1C(=O)C(c2ccc(OC(F)F)cc2)(c2cccc(C3CC3)c2)N=C1N. The summed E-state index contributed by atoms with van der Waals surface area (Å²) in [7, 11) is 3.17. The maximum atomic E-state index is 13.2. The summed E-state index contributed by atoms with van der Waals surface area (Å²) in [4.78, 5) is 37.7. The van der Waals surface area contributed by atoms with E-state index in [0.29, 0.717) is 34.0 Å². The number of likely N-dealkylation sites (N-methyl/N-ethyl adjacent to an activating group) is 2. The Kier molecular flexibility index (Phi) is 13.0. The average Bonchev–Trinajstić information content (AvgIpc) is 4.19. The van der Waals surface area contributed by atoms with Gasteiger partial charge in [0.1, 0.15) is 11.5 Å². The van der Waals surface area contributed by atoms with Crippen molar-refractivity contribution >= 4 is 46.8 Å². The number of carbonyl (C=O) groups is 2. The second-order valence-corrected chi connectivity index (χ2v) is 18.2. The van der Waals surface area contributed by atoms with Crippen molar-refractivity contribution in [1.29, 1.82) is 0 Å². The van der Waals surface area contributed by atoms with Crippen molar-refractivity contribution in [2.24, 2.45) is 21.5 Å². The Morgan fingerprint density at radius 3 is 1.44 bits per heavy atom. The van der Waals surface area contributed by atoms with Crippen LogP contribution in [0.25, 0.3) is 0 Å². The molecule has 0 radical (unpaired) electrons. The van der Waals surface area contributed by atoms with E-state index in [0.717, 1.165) is 17.3 Å². The fourth-order valence-electron chi connectivity index (χ4n) is 7.72. The third kappa shape index (κ3) is 9.22. The van der Waals surface area contributed by atoms with Crippen LogP contribution in [0.4, 0.5) is 17.6 Å². The van der Waals surface area contributed by atoms with E-state index in [1.165, 1.54) is 71.7 Å². The first-order valence-electron chi connectivity index (χ1n) is 20.8. The second kappa shape index (κ2) is 17.8. The zero-order valence-corrected chi connectivity index (χ0v) is 37.8. The van der Waals surface area contributed by atoms with Crippen LogP contribution in [-0.4, -0.2) is 79.2 Å². The van der Waals surface area contributed by atoms with E-state index in [9.17, 15) is 27.2 Å². The fraction of sp³-hybridized carbons (Fsp3) is 0.391. The largest absolute Gasteiger partial charge is 0.461 e. The van der Waals surface area contributed by atoms with Crippen molar-refractivity contribution in [3.8, 4) is 11.5 Å². The standard InChI is InChI=1S/C20H19F2N3O2.C17H14BrF2N3O2.C9H17BO2/c1-25-17(26)20(24-19(25)23,14-7-9-16(10-8-14)27-18(21)22)15-4-2-3-13(11-15)12-5-6-12;1-23-14(24)17(22-16(23)21,11-3-2-4-12(18)9-11)10-5-7-13(8-6-10)25-15(19)20;1-8(2)9(3,4)12-10(11-8)7-5-6-7/h2-4,7-12,18H,5-6H2,1H3,(H2,23,24);2-9,15H,1H3,(H2,21,22);7H,5-6H2,1-4H3. The highest BCUT2D eigenvalue weighted by Gasteiger charge is 2.56. The Hall–Kier alpha value is -5.46. The van der Waals surface area contributed by atoms with Crippen molar-refractivity contribution in [2.75, 3.05) is 14.1 Å². The molecule has 9 rings (SSSR count). The number of nitrogens with two attached hydrogens (primary N) is 2. The lowest BCUT2D eigenvalue weighted by atomic mass is 9.82. The predicted molar refractivity (Wildman–Crippen MR) is 238 cm³/mol. The topological polar surface area (TPSA) is 154 Å². The molecule has 2 saturated carbocycles. The van der Waals surface area contributed by atoms with Gasteiger partial charge in [-0.3, -0.25) is 19.4 Å². The molecule has 2 atom stereocenters.